The number of hydrogen-bond donors (Lipinski definition) is 1. The Morgan fingerprint density at radius 3 is 2.22 bits per heavy atom. The van der Waals surface area contributed by atoms with E-state index in [0.717, 1.165) is 0 Å². The van der Waals surface area contributed by atoms with Crippen LogP contribution >= 0.6 is 11.6 Å². The van der Waals surface area contributed by atoms with Crippen molar-refractivity contribution in [3.8, 4) is 0 Å². The van der Waals surface area contributed by atoms with Gasteiger partial charge in [-0.3, -0.25) is 9.59 Å². The molecule has 1 aromatic rings. The molecule has 18 heavy (non-hydrogen) atoms. The van der Waals surface area contributed by atoms with Crippen LogP contribution in [0.1, 0.15) is 24.2 Å². The molecule has 0 aliphatic heterocycles. The van der Waals surface area contributed by atoms with Crippen molar-refractivity contribution >= 4 is 23.5 Å². The standard InChI is InChI=1S/C13H16ClNO3/c1-13(2,12(17)18)8-15(3)11(16)9-4-6-10(14)7-5-9/h4-7H,8H2,1-3H3,(H,17,18). The third-order valence-corrected chi connectivity index (χ3v) is 2.90. The van der Waals surface area contributed by atoms with Crippen molar-refractivity contribution in [3.05, 3.63) is 34.9 Å². The molecule has 0 aliphatic rings. The highest BCUT2D eigenvalue weighted by Gasteiger charge is 2.30. The maximum Gasteiger partial charge on any atom is 0.310 e. The van der Waals surface area contributed by atoms with E-state index in [2.05, 4.69) is 0 Å². The van der Waals surface area contributed by atoms with Crippen LogP contribution < -0.4 is 0 Å². The maximum absolute atomic E-state index is 12.0. The van der Waals surface area contributed by atoms with Gasteiger partial charge in [0, 0.05) is 24.2 Å². The summed E-state index contributed by atoms with van der Waals surface area (Å²) in [5.74, 6) is -1.15. The van der Waals surface area contributed by atoms with Gasteiger partial charge in [0.05, 0.1) is 5.41 Å². The smallest absolute Gasteiger partial charge is 0.310 e. The SMILES string of the molecule is CN(CC(C)(C)C(=O)O)C(=O)c1ccc(Cl)cc1. The summed E-state index contributed by atoms with van der Waals surface area (Å²) >= 11 is 5.74. The molecule has 0 spiro atoms. The molecule has 1 aromatic carbocycles. The minimum absolute atomic E-state index is 0.143. The molecule has 0 unspecified atom stereocenters. The van der Waals surface area contributed by atoms with E-state index in [0.29, 0.717) is 10.6 Å². The third-order valence-electron chi connectivity index (χ3n) is 2.65. The van der Waals surface area contributed by atoms with Gasteiger partial charge in [-0.15, -0.1) is 0 Å². The number of carboxylic acids is 1. The number of carbonyl (C=O) groups excluding carboxylic acids is 1. The minimum atomic E-state index is -0.975. The zero-order chi connectivity index (χ0) is 13.9. The first-order valence-corrected chi connectivity index (χ1v) is 5.86. The molecular weight excluding hydrogens is 254 g/mol. The summed E-state index contributed by atoms with van der Waals surface area (Å²) in [6, 6.07) is 6.50. The van der Waals surface area contributed by atoms with Gasteiger partial charge in [-0.1, -0.05) is 11.6 Å². The van der Waals surface area contributed by atoms with E-state index in [-0.39, 0.29) is 12.5 Å². The molecule has 0 saturated carbocycles. The zero-order valence-electron chi connectivity index (χ0n) is 10.6. The van der Waals surface area contributed by atoms with Crippen molar-refractivity contribution in [2.75, 3.05) is 13.6 Å². The number of halogens is 1. The van der Waals surface area contributed by atoms with Gasteiger partial charge < -0.3 is 10.0 Å². The Morgan fingerprint density at radius 1 is 1.28 bits per heavy atom. The summed E-state index contributed by atoms with van der Waals surface area (Å²) in [6.07, 6.45) is 0. The van der Waals surface area contributed by atoms with E-state index >= 15 is 0 Å². The van der Waals surface area contributed by atoms with Crippen LogP contribution in [0, 0.1) is 5.41 Å². The molecule has 4 nitrogen and oxygen atoms in total. The van der Waals surface area contributed by atoms with E-state index in [9.17, 15) is 9.59 Å². The van der Waals surface area contributed by atoms with Crippen LogP contribution in [-0.4, -0.2) is 35.5 Å². The van der Waals surface area contributed by atoms with Crippen LogP contribution in [0.5, 0.6) is 0 Å². The van der Waals surface area contributed by atoms with Gasteiger partial charge in [0.25, 0.3) is 5.91 Å². The highest BCUT2D eigenvalue weighted by Crippen LogP contribution is 2.18. The summed E-state index contributed by atoms with van der Waals surface area (Å²) in [5, 5.41) is 9.58. The second-order valence-electron chi connectivity index (χ2n) is 4.86. The average molecular weight is 270 g/mol. The Morgan fingerprint density at radius 2 is 1.78 bits per heavy atom. The van der Waals surface area contributed by atoms with Crippen LogP contribution in [0.25, 0.3) is 0 Å². The average Bonchev–Trinajstić information content (AvgIpc) is 2.28. The van der Waals surface area contributed by atoms with Crippen molar-refractivity contribution in [2.24, 2.45) is 5.41 Å². The Balaban J connectivity index is 2.79. The van der Waals surface area contributed by atoms with E-state index < -0.39 is 11.4 Å². The second kappa shape index (κ2) is 5.40. The first-order valence-electron chi connectivity index (χ1n) is 5.48. The van der Waals surface area contributed by atoms with E-state index in [1.165, 1.54) is 4.90 Å². The summed E-state index contributed by atoms with van der Waals surface area (Å²) in [6.45, 7) is 3.31. The van der Waals surface area contributed by atoms with Crippen LogP contribution in [0.15, 0.2) is 24.3 Å². The van der Waals surface area contributed by atoms with E-state index in [4.69, 9.17) is 16.7 Å². The number of amides is 1. The highest BCUT2D eigenvalue weighted by atomic mass is 35.5. The van der Waals surface area contributed by atoms with Gasteiger partial charge in [-0.2, -0.15) is 0 Å². The molecule has 0 fully saturated rings. The number of carboxylic acid groups (broad SMARTS) is 1. The lowest BCUT2D eigenvalue weighted by molar-refractivity contribution is -0.147. The van der Waals surface area contributed by atoms with Gasteiger partial charge in [-0.05, 0) is 38.1 Å². The first-order chi connectivity index (χ1) is 8.24. The van der Waals surface area contributed by atoms with Gasteiger partial charge in [0.2, 0.25) is 0 Å². The number of aliphatic carboxylic acids is 1. The van der Waals surface area contributed by atoms with Crippen molar-refractivity contribution in [1.29, 1.82) is 0 Å². The molecule has 1 rings (SSSR count). The number of carbonyl (C=O) groups is 2. The number of hydrogen-bond acceptors (Lipinski definition) is 2. The number of benzene rings is 1. The molecular formula is C13H16ClNO3. The van der Waals surface area contributed by atoms with Crippen molar-refractivity contribution < 1.29 is 14.7 Å². The predicted octanol–water partition coefficient (Wildman–Crippen LogP) is 2.52. The molecule has 0 heterocycles. The minimum Gasteiger partial charge on any atom is -0.481 e. The maximum atomic E-state index is 12.0. The molecule has 98 valence electrons. The third kappa shape index (κ3) is 3.47. The van der Waals surface area contributed by atoms with Gasteiger partial charge in [-0.25, -0.2) is 0 Å². The lowest BCUT2D eigenvalue weighted by Crippen LogP contribution is -2.40. The zero-order valence-corrected chi connectivity index (χ0v) is 11.4. The Kier molecular flexibility index (Phi) is 4.35. The summed E-state index contributed by atoms with van der Waals surface area (Å²) in [4.78, 5) is 24.5. The molecule has 5 heteroatoms. The molecule has 0 aliphatic carbocycles. The fourth-order valence-corrected chi connectivity index (χ4v) is 1.67. The van der Waals surface area contributed by atoms with Crippen molar-refractivity contribution in [1.82, 2.24) is 4.90 Å². The number of rotatable bonds is 4. The molecule has 1 N–H and O–H groups in total. The normalized spacial score (nSPS) is 11.1. The van der Waals surface area contributed by atoms with Crippen LogP contribution in [0.3, 0.4) is 0 Å². The van der Waals surface area contributed by atoms with Crippen LogP contribution in [-0.2, 0) is 4.79 Å². The van der Waals surface area contributed by atoms with E-state index in [1.807, 2.05) is 0 Å². The first kappa shape index (κ1) is 14.5. The Bertz CT molecular complexity index is 454. The summed E-state index contributed by atoms with van der Waals surface area (Å²) in [5.41, 5.74) is -0.486. The number of nitrogens with zero attached hydrogens (tertiary/aromatic N) is 1. The van der Waals surface area contributed by atoms with Crippen LogP contribution in [0.4, 0.5) is 0 Å². The van der Waals surface area contributed by atoms with Crippen molar-refractivity contribution in [3.63, 3.8) is 0 Å². The van der Waals surface area contributed by atoms with E-state index in [1.54, 1.807) is 45.2 Å². The largest absolute Gasteiger partial charge is 0.481 e. The fraction of sp³-hybridized carbons (Fsp3) is 0.385. The highest BCUT2D eigenvalue weighted by molar-refractivity contribution is 6.30. The lowest BCUT2D eigenvalue weighted by Gasteiger charge is -2.26. The van der Waals surface area contributed by atoms with Gasteiger partial charge in [0.15, 0.2) is 0 Å². The monoisotopic (exact) mass is 269 g/mol. The second-order valence-corrected chi connectivity index (χ2v) is 5.29. The topological polar surface area (TPSA) is 57.6 Å². The lowest BCUT2D eigenvalue weighted by atomic mass is 9.93. The molecule has 0 atom stereocenters. The quantitative estimate of drug-likeness (QED) is 0.914. The summed E-state index contributed by atoms with van der Waals surface area (Å²) in [7, 11) is 1.58. The molecule has 0 radical (unpaired) electrons. The molecule has 0 aromatic heterocycles. The Hall–Kier alpha value is -1.55. The van der Waals surface area contributed by atoms with Crippen LogP contribution in [0.2, 0.25) is 5.02 Å². The fourth-order valence-electron chi connectivity index (χ4n) is 1.55. The molecule has 0 bridgehead atoms. The van der Waals surface area contributed by atoms with Gasteiger partial charge in [0.1, 0.15) is 0 Å². The molecule has 1 amide bonds. The predicted molar refractivity (Wildman–Crippen MR) is 69.8 cm³/mol. The van der Waals surface area contributed by atoms with Crippen molar-refractivity contribution in [2.45, 2.75) is 13.8 Å². The van der Waals surface area contributed by atoms with Gasteiger partial charge >= 0.3 is 5.97 Å². The molecule has 0 saturated heterocycles. The Labute approximate surface area is 111 Å². The summed E-state index contributed by atoms with van der Waals surface area (Å²) < 4.78 is 0.